The Hall–Kier alpha value is -2.67. The van der Waals surface area contributed by atoms with E-state index in [4.69, 9.17) is 4.74 Å². The Kier molecular flexibility index (Phi) is 5.08. The van der Waals surface area contributed by atoms with E-state index in [1.807, 2.05) is 45.0 Å². The Morgan fingerprint density at radius 2 is 2.08 bits per heavy atom. The number of ether oxygens (including phenoxy) is 1. The average molecular weight is 371 g/mol. The molecule has 0 radical (unpaired) electrons. The number of hydrogen-bond acceptors (Lipinski definition) is 5. The zero-order chi connectivity index (χ0) is 18.8. The van der Waals surface area contributed by atoms with Crippen LogP contribution in [0.1, 0.15) is 29.0 Å². The van der Waals surface area contributed by atoms with E-state index in [-0.39, 0.29) is 24.1 Å². The monoisotopic (exact) mass is 371 g/mol. The van der Waals surface area contributed by atoms with Crippen LogP contribution in [0.25, 0.3) is 10.2 Å². The van der Waals surface area contributed by atoms with Gasteiger partial charge in [-0.2, -0.15) is 0 Å². The Labute approximate surface area is 155 Å². The van der Waals surface area contributed by atoms with E-state index in [2.05, 4.69) is 10.3 Å². The normalized spacial score (nSPS) is 12.2. The van der Waals surface area contributed by atoms with Gasteiger partial charge in [-0.05, 0) is 32.4 Å². The number of rotatable bonds is 5. The number of para-hydroxylation sites is 1. The molecule has 0 aliphatic rings. The second-order valence-corrected chi connectivity index (χ2v) is 7.38. The number of thiophene rings is 1. The van der Waals surface area contributed by atoms with Crippen LogP contribution in [0.3, 0.4) is 0 Å². The topological polar surface area (TPSA) is 73.2 Å². The van der Waals surface area contributed by atoms with Crippen molar-refractivity contribution < 1.29 is 9.53 Å². The zero-order valence-electron chi connectivity index (χ0n) is 15.2. The summed E-state index contributed by atoms with van der Waals surface area (Å²) in [5.41, 5.74) is 1.63. The van der Waals surface area contributed by atoms with Gasteiger partial charge in [-0.25, -0.2) is 4.98 Å². The van der Waals surface area contributed by atoms with Crippen molar-refractivity contribution in [1.29, 1.82) is 0 Å². The third-order valence-electron chi connectivity index (χ3n) is 4.45. The molecule has 0 spiro atoms. The number of carbonyl (C=O) groups is 1. The molecule has 1 amide bonds. The fraction of sp³-hybridized carbons (Fsp3) is 0.316. The first kappa shape index (κ1) is 18.1. The van der Waals surface area contributed by atoms with E-state index in [1.54, 1.807) is 7.11 Å². The lowest BCUT2D eigenvalue weighted by atomic mass is 10.1. The number of aromatic nitrogens is 2. The minimum Gasteiger partial charge on any atom is -0.496 e. The Morgan fingerprint density at radius 3 is 2.81 bits per heavy atom. The van der Waals surface area contributed by atoms with Gasteiger partial charge in [0, 0.05) is 10.4 Å². The lowest BCUT2D eigenvalue weighted by Gasteiger charge is -2.17. The first-order chi connectivity index (χ1) is 12.4. The van der Waals surface area contributed by atoms with Gasteiger partial charge in [0.1, 0.15) is 17.1 Å². The molecular weight excluding hydrogens is 350 g/mol. The number of hydrogen-bond donors (Lipinski definition) is 1. The summed E-state index contributed by atoms with van der Waals surface area (Å²) in [7, 11) is 1.60. The minimum absolute atomic E-state index is 0.0738. The predicted octanol–water partition coefficient (Wildman–Crippen LogP) is 2.96. The van der Waals surface area contributed by atoms with Crippen molar-refractivity contribution in [2.45, 2.75) is 33.4 Å². The molecule has 0 saturated heterocycles. The Bertz CT molecular complexity index is 1020. The van der Waals surface area contributed by atoms with Crippen LogP contribution >= 0.6 is 11.3 Å². The molecule has 1 aromatic carbocycles. The average Bonchev–Trinajstić information content (AvgIpc) is 2.92. The smallest absolute Gasteiger partial charge is 0.262 e. The molecule has 2 heterocycles. The van der Waals surface area contributed by atoms with E-state index < -0.39 is 0 Å². The lowest BCUT2D eigenvalue weighted by Crippen LogP contribution is -2.34. The van der Waals surface area contributed by atoms with E-state index in [9.17, 15) is 9.59 Å². The van der Waals surface area contributed by atoms with Crippen molar-refractivity contribution in [3.05, 3.63) is 57.0 Å². The molecule has 136 valence electrons. The molecule has 0 bridgehead atoms. The number of carbonyl (C=O) groups excluding carboxylic acids is 1. The van der Waals surface area contributed by atoms with Crippen molar-refractivity contribution >= 4 is 27.5 Å². The van der Waals surface area contributed by atoms with Gasteiger partial charge < -0.3 is 10.1 Å². The molecule has 1 unspecified atom stereocenters. The number of nitrogens with one attached hydrogen (secondary N) is 1. The van der Waals surface area contributed by atoms with Crippen LogP contribution in [0.15, 0.2) is 35.4 Å². The van der Waals surface area contributed by atoms with Crippen molar-refractivity contribution in [1.82, 2.24) is 14.9 Å². The molecule has 0 saturated carbocycles. The van der Waals surface area contributed by atoms with E-state index in [1.165, 1.54) is 22.2 Å². The second kappa shape index (κ2) is 7.29. The van der Waals surface area contributed by atoms with Gasteiger partial charge in [0.25, 0.3) is 5.56 Å². The van der Waals surface area contributed by atoms with Crippen molar-refractivity contribution in [3.63, 3.8) is 0 Å². The molecule has 3 rings (SSSR count). The standard InChI is InChI=1S/C19H21N3O3S/c1-11-13(3)26-18-17(11)19(24)22(10-20-18)9-16(23)21-12(2)14-7-5-6-8-15(14)25-4/h5-8,10,12H,9H2,1-4H3,(H,21,23). The van der Waals surface area contributed by atoms with E-state index >= 15 is 0 Å². The number of methoxy groups -OCH3 is 1. The van der Waals surface area contributed by atoms with Crippen molar-refractivity contribution in [3.8, 4) is 5.75 Å². The van der Waals surface area contributed by atoms with Gasteiger partial charge in [0.2, 0.25) is 5.91 Å². The SMILES string of the molecule is COc1ccccc1C(C)NC(=O)Cn1cnc2sc(C)c(C)c2c1=O. The molecule has 0 fully saturated rings. The van der Waals surface area contributed by atoms with Crippen LogP contribution in [-0.4, -0.2) is 22.6 Å². The largest absolute Gasteiger partial charge is 0.496 e. The number of amides is 1. The Balaban J connectivity index is 1.80. The highest BCUT2D eigenvalue weighted by atomic mass is 32.1. The van der Waals surface area contributed by atoms with Gasteiger partial charge in [-0.15, -0.1) is 11.3 Å². The molecule has 3 aromatic rings. The molecule has 0 aliphatic carbocycles. The maximum atomic E-state index is 12.7. The number of fused-ring (bicyclic) bond motifs is 1. The predicted molar refractivity (Wildman–Crippen MR) is 103 cm³/mol. The minimum atomic E-state index is -0.253. The summed E-state index contributed by atoms with van der Waals surface area (Å²) in [6.45, 7) is 5.68. The molecule has 1 N–H and O–H groups in total. The maximum Gasteiger partial charge on any atom is 0.262 e. The fourth-order valence-corrected chi connectivity index (χ4v) is 3.91. The summed E-state index contributed by atoms with van der Waals surface area (Å²) in [6.07, 6.45) is 1.44. The van der Waals surface area contributed by atoms with Crippen molar-refractivity contribution in [2.24, 2.45) is 0 Å². The van der Waals surface area contributed by atoms with E-state index in [0.29, 0.717) is 16.0 Å². The van der Waals surface area contributed by atoms with Crippen LogP contribution in [0.4, 0.5) is 0 Å². The van der Waals surface area contributed by atoms with Crippen LogP contribution in [0.5, 0.6) is 5.75 Å². The highest BCUT2D eigenvalue weighted by Gasteiger charge is 2.16. The van der Waals surface area contributed by atoms with Gasteiger partial charge in [0.15, 0.2) is 0 Å². The van der Waals surface area contributed by atoms with Crippen LogP contribution < -0.4 is 15.6 Å². The van der Waals surface area contributed by atoms with Crippen LogP contribution in [0, 0.1) is 13.8 Å². The van der Waals surface area contributed by atoms with Gasteiger partial charge in [0.05, 0.1) is 24.9 Å². The second-order valence-electron chi connectivity index (χ2n) is 6.17. The number of aryl methyl sites for hydroxylation is 2. The molecule has 1 atom stereocenters. The van der Waals surface area contributed by atoms with Crippen molar-refractivity contribution in [2.75, 3.05) is 7.11 Å². The summed E-state index contributed by atoms with van der Waals surface area (Å²) in [5, 5.41) is 3.51. The molecule has 6 nitrogen and oxygen atoms in total. The summed E-state index contributed by atoms with van der Waals surface area (Å²) in [6, 6.07) is 7.28. The maximum absolute atomic E-state index is 12.7. The highest BCUT2D eigenvalue weighted by molar-refractivity contribution is 7.18. The summed E-state index contributed by atoms with van der Waals surface area (Å²) in [4.78, 5) is 31.2. The van der Waals surface area contributed by atoms with E-state index in [0.717, 1.165) is 16.0 Å². The summed E-state index contributed by atoms with van der Waals surface area (Å²) in [5.74, 6) is 0.459. The fourth-order valence-electron chi connectivity index (χ4n) is 2.93. The van der Waals surface area contributed by atoms with Gasteiger partial charge in [-0.1, -0.05) is 18.2 Å². The number of benzene rings is 1. The molecular formula is C19H21N3O3S. The lowest BCUT2D eigenvalue weighted by molar-refractivity contribution is -0.122. The van der Waals surface area contributed by atoms with Gasteiger partial charge in [-0.3, -0.25) is 14.2 Å². The molecule has 7 heteroatoms. The summed E-state index contributed by atoms with van der Waals surface area (Å²) >= 11 is 1.49. The zero-order valence-corrected chi connectivity index (χ0v) is 16.0. The van der Waals surface area contributed by atoms with Crippen LogP contribution in [0.2, 0.25) is 0 Å². The third kappa shape index (κ3) is 3.35. The third-order valence-corrected chi connectivity index (χ3v) is 5.57. The Morgan fingerprint density at radius 1 is 1.35 bits per heavy atom. The first-order valence-corrected chi connectivity index (χ1v) is 9.11. The highest BCUT2D eigenvalue weighted by Crippen LogP contribution is 2.26. The van der Waals surface area contributed by atoms with Gasteiger partial charge >= 0.3 is 0 Å². The molecule has 0 aliphatic heterocycles. The first-order valence-electron chi connectivity index (χ1n) is 8.29. The molecule has 2 aromatic heterocycles. The van der Waals surface area contributed by atoms with Crippen LogP contribution in [-0.2, 0) is 11.3 Å². The number of nitrogens with zero attached hydrogens (tertiary/aromatic N) is 2. The summed E-state index contributed by atoms with van der Waals surface area (Å²) < 4.78 is 6.69. The molecule has 26 heavy (non-hydrogen) atoms. The quantitative estimate of drug-likeness (QED) is 0.748.